The topological polar surface area (TPSA) is 98.8 Å². The lowest BCUT2D eigenvalue weighted by Gasteiger charge is -2.16. The molecule has 0 aliphatic carbocycles. The van der Waals surface area contributed by atoms with Crippen LogP contribution in [0.15, 0.2) is 18.2 Å². The molecule has 0 bridgehead atoms. The summed E-state index contributed by atoms with van der Waals surface area (Å²) in [5.41, 5.74) is -6.19. The molecule has 1 amide bonds. The van der Waals surface area contributed by atoms with Crippen LogP contribution in [0, 0.1) is 0 Å². The van der Waals surface area contributed by atoms with Crippen LogP contribution in [0.4, 0.5) is 18.9 Å². The zero-order valence-electron chi connectivity index (χ0n) is 11.9. The smallest absolute Gasteiger partial charge is 0.469 e. The molecule has 0 aliphatic rings. The maximum absolute atomic E-state index is 12.5. The second-order valence-corrected chi connectivity index (χ2v) is 5.75. The van der Waals surface area contributed by atoms with Crippen LogP contribution in [0.2, 0.25) is 0 Å². The van der Waals surface area contributed by atoms with Gasteiger partial charge in [0.15, 0.2) is 5.75 Å². The summed E-state index contributed by atoms with van der Waals surface area (Å²) in [7, 11) is -4.93. The Hall–Kier alpha value is -2.30. The lowest BCUT2D eigenvalue weighted by atomic mass is 10.1. The van der Waals surface area contributed by atoms with E-state index in [9.17, 15) is 31.2 Å². The van der Waals surface area contributed by atoms with Gasteiger partial charge in [0.25, 0.3) is 0 Å². The van der Waals surface area contributed by atoms with E-state index in [-0.39, 0.29) is 11.3 Å². The molecule has 0 saturated carbocycles. The molecule has 7 nitrogen and oxygen atoms in total. The number of methoxy groups -OCH3 is 1. The third-order valence-corrected chi connectivity index (χ3v) is 3.40. The first-order valence-electron chi connectivity index (χ1n) is 5.95. The number of hydrogen-bond acceptors (Lipinski definition) is 6. The molecular formula is C12H12F3NO6S. The molecule has 1 rings (SSSR count). The summed E-state index contributed by atoms with van der Waals surface area (Å²) in [5, 5.41) is 2.13. The minimum atomic E-state index is -5.98. The van der Waals surface area contributed by atoms with E-state index in [1.54, 1.807) is 0 Å². The highest BCUT2D eigenvalue weighted by atomic mass is 32.2. The summed E-state index contributed by atoms with van der Waals surface area (Å²) in [6.07, 6.45) is -0.549. The Morgan fingerprint density at radius 1 is 1.26 bits per heavy atom. The van der Waals surface area contributed by atoms with Gasteiger partial charge in [0, 0.05) is 12.5 Å². The lowest BCUT2D eigenvalue weighted by Crippen LogP contribution is -2.29. The molecule has 0 heterocycles. The highest BCUT2D eigenvalue weighted by Gasteiger charge is 2.49. The van der Waals surface area contributed by atoms with E-state index in [0.29, 0.717) is 0 Å². The Bertz CT molecular complexity index is 714. The fourth-order valence-electron chi connectivity index (χ4n) is 1.50. The van der Waals surface area contributed by atoms with Gasteiger partial charge in [0.2, 0.25) is 5.91 Å². The number of alkyl halides is 3. The Morgan fingerprint density at radius 3 is 2.35 bits per heavy atom. The van der Waals surface area contributed by atoms with Gasteiger partial charge in [-0.2, -0.15) is 21.6 Å². The second kappa shape index (κ2) is 6.86. The number of benzene rings is 1. The molecular weight excluding hydrogens is 343 g/mol. The Balaban J connectivity index is 3.39. The van der Waals surface area contributed by atoms with Crippen molar-refractivity contribution in [3.63, 3.8) is 0 Å². The summed E-state index contributed by atoms with van der Waals surface area (Å²) in [4.78, 5) is 22.4. The largest absolute Gasteiger partial charge is 0.534 e. The fraction of sp³-hybridized carbons (Fsp3) is 0.333. The van der Waals surface area contributed by atoms with Gasteiger partial charge in [-0.05, 0) is 6.07 Å². The van der Waals surface area contributed by atoms with Crippen LogP contribution in [0.5, 0.6) is 5.75 Å². The van der Waals surface area contributed by atoms with Gasteiger partial charge in [0.1, 0.15) is 0 Å². The van der Waals surface area contributed by atoms with E-state index in [2.05, 4.69) is 14.2 Å². The predicted molar refractivity (Wildman–Crippen MR) is 72.1 cm³/mol. The van der Waals surface area contributed by atoms with Crippen molar-refractivity contribution in [3.05, 3.63) is 23.8 Å². The molecule has 128 valence electrons. The average Bonchev–Trinajstić information content (AvgIpc) is 2.40. The van der Waals surface area contributed by atoms with Crippen LogP contribution < -0.4 is 9.50 Å². The molecule has 11 heteroatoms. The number of para-hydroxylation sites is 1. The highest BCUT2D eigenvalue weighted by Crippen LogP contribution is 2.35. The summed E-state index contributed by atoms with van der Waals surface area (Å²) < 4.78 is 68.3. The van der Waals surface area contributed by atoms with Gasteiger partial charge in [-0.15, -0.1) is 0 Å². The predicted octanol–water partition coefficient (Wildman–Crippen LogP) is 1.59. The number of carbonyl (C=O) groups is 2. The number of esters is 1. The average molecular weight is 355 g/mol. The van der Waals surface area contributed by atoms with Crippen LogP contribution in [0.3, 0.4) is 0 Å². The zero-order chi connectivity index (χ0) is 17.8. The van der Waals surface area contributed by atoms with Gasteiger partial charge < -0.3 is 14.2 Å². The van der Waals surface area contributed by atoms with Crippen LogP contribution in [0.25, 0.3) is 0 Å². The van der Waals surface area contributed by atoms with Crippen molar-refractivity contribution < 1.29 is 40.1 Å². The minimum Gasteiger partial charge on any atom is -0.469 e. The second-order valence-electron chi connectivity index (χ2n) is 4.21. The van der Waals surface area contributed by atoms with Crippen molar-refractivity contribution in [2.75, 3.05) is 12.4 Å². The first-order valence-corrected chi connectivity index (χ1v) is 7.36. The summed E-state index contributed by atoms with van der Waals surface area (Å²) in [6.45, 7) is 1.06. The number of anilines is 1. The summed E-state index contributed by atoms with van der Waals surface area (Å²) >= 11 is 0. The van der Waals surface area contributed by atoms with E-state index in [1.807, 2.05) is 0 Å². The van der Waals surface area contributed by atoms with E-state index in [1.165, 1.54) is 12.1 Å². The lowest BCUT2D eigenvalue weighted by molar-refractivity contribution is -0.139. The van der Waals surface area contributed by atoms with Gasteiger partial charge in [-0.1, -0.05) is 12.1 Å². The van der Waals surface area contributed by atoms with E-state index < -0.39 is 39.7 Å². The standard InChI is InChI=1S/C12H12F3NO6S/c1-7(17)16-9-5-3-4-8(6-10(18)21-2)11(9)22-23(19,20)12(13,14)15/h3-5H,6H2,1-2H3,(H,16,17). The Morgan fingerprint density at radius 2 is 1.87 bits per heavy atom. The molecule has 0 spiro atoms. The van der Waals surface area contributed by atoms with Gasteiger partial charge in [-0.25, -0.2) is 0 Å². The number of nitrogens with one attached hydrogen (secondary N) is 1. The van der Waals surface area contributed by atoms with Crippen LogP contribution in [0.1, 0.15) is 12.5 Å². The number of carbonyl (C=O) groups excluding carboxylic acids is 2. The van der Waals surface area contributed by atoms with Crippen molar-refractivity contribution in [3.8, 4) is 5.75 Å². The normalized spacial score (nSPS) is 11.7. The van der Waals surface area contributed by atoms with Gasteiger partial charge >= 0.3 is 21.6 Å². The zero-order valence-corrected chi connectivity index (χ0v) is 12.7. The Labute approximate surface area is 129 Å². The molecule has 1 N–H and O–H groups in total. The third-order valence-electron chi connectivity index (χ3n) is 2.45. The highest BCUT2D eigenvalue weighted by molar-refractivity contribution is 7.88. The molecule has 0 aliphatic heterocycles. The first kappa shape index (κ1) is 18.7. The minimum absolute atomic E-state index is 0.198. The maximum Gasteiger partial charge on any atom is 0.534 e. The van der Waals surface area contributed by atoms with E-state index >= 15 is 0 Å². The van der Waals surface area contributed by atoms with Crippen molar-refractivity contribution in [2.24, 2.45) is 0 Å². The summed E-state index contributed by atoms with van der Waals surface area (Å²) in [5.74, 6) is -2.31. The quantitative estimate of drug-likeness (QED) is 0.489. The molecule has 0 radical (unpaired) electrons. The number of rotatable bonds is 5. The van der Waals surface area contributed by atoms with Crippen LogP contribution >= 0.6 is 0 Å². The number of ether oxygens (including phenoxy) is 1. The van der Waals surface area contributed by atoms with Crippen LogP contribution in [-0.4, -0.2) is 32.9 Å². The van der Waals surface area contributed by atoms with E-state index in [4.69, 9.17) is 0 Å². The molecule has 1 aromatic carbocycles. The van der Waals surface area contributed by atoms with Crippen LogP contribution in [-0.2, 0) is 30.9 Å². The van der Waals surface area contributed by atoms with E-state index in [0.717, 1.165) is 20.1 Å². The maximum atomic E-state index is 12.5. The molecule has 0 atom stereocenters. The first-order chi connectivity index (χ1) is 10.5. The third kappa shape index (κ3) is 4.84. The number of amides is 1. The van der Waals surface area contributed by atoms with Crippen molar-refractivity contribution in [1.29, 1.82) is 0 Å². The van der Waals surface area contributed by atoms with Crippen molar-refractivity contribution in [2.45, 2.75) is 18.9 Å². The number of halogens is 3. The monoisotopic (exact) mass is 355 g/mol. The van der Waals surface area contributed by atoms with Crippen molar-refractivity contribution >= 4 is 27.7 Å². The SMILES string of the molecule is COC(=O)Cc1cccc(NC(C)=O)c1OS(=O)(=O)C(F)(F)F. The van der Waals surface area contributed by atoms with Gasteiger partial charge in [-0.3, -0.25) is 9.59 Å². The molecule has 1 aromatic rings. The van der Waals surface area contributed by atoms with Crippen molar-refractivity contribution in [1.82, 2.24) is 0 Å². The number of hydrogen-bond donors (Lipinski definition) is 1. The Kier molecular flexibility index (Phi) is 5.59. The molecule has 0 unspecified atom stereocenters. The molecule has 23 heavy (non-hydrogen) atoms. The summed E-state index contributed by atoms with van der Waals surface area (Å²) in [6, 6.07) is 3.60. The molecule has 0 aromatic heterocycles. The molecule has 0 saturated heterocycles. The van der Waals surface area contributed by atoms with Gasteiger partial charge in [0.05, 0.1) is 19.2 Å². The molecule has 0 fully saturated rings. The fourth-order valence-corrected chi connectivity index (χ4v) is 2.01.